The Hall–Kier alpha value is -2.56. The SMILES string of the molecule is C=CC(=C)COC(=O)c1ccc(OC(C)C(=O)OCC)cc1. The van der Waals surface area contributed by atoms with Gasteiger partial charge in [0, 0.05) is 0 Å². The molecule has 1 atom stereocenters. The fourth-order valence-electron chi connectivity index (χ4n) is 1.48. The summed E-state index contributed by atoms with van der Waals surface area (Å²) in [5.74, 6) is -0.436. The Morgan fingerprint density at radius 2 is 1.86 bits per heavy atom. The highest BCUT2D eigenvalue weighted by atomic mass is 16.6. The molecule has 118 valence electrons. The number of esters is 2. The zero-order valence-electron chi connectivity index (χ0n) is 12.8. The number of hydrogen-bond acceptors (Lipinski definition) is 5. The number of hydrogen-bond donors (Lipinski definition) is 0. The molecule has 0 saturated carbocycles. The summed E-state index contributed by atoms with van der Waals surface area (Å²) < 4.78 is 15.3. The summed E-state index contributed by atoms with van der Waals surface area (Å²) in [5.41, 5.74) is 1.00. The first-order chi connectivity index (χ1) is 10.5. The van der Waals surface area contributed by atoms with Gasteiger partial charge in [0.2, 0.25) is 0 Å². The minimum Gasteiger partial charge on any atom is -0.479 e. The first kappa shape index (κ1) is 17.5. The van der Waals surface area contributed by atoms with Gasteiger partial charge in [0.05, 0.1) is 12.2 Å². The van der Waals surface area contributed by atoms with Crippen LogP contribution in [-0.4, -0.2) is 31.3 Å². The molecule has 0 aliphatic carbocycles. The van der Waals surface area contributed by atoms with E-state index >= 15 is 0 Å². The van der Waals surface area contributed by atoms with Crippen molar-refractivity contribution in [1.82, 2.24) is 0 Å². The van der Waals surface area contributed by atoms with Crippen LogP contribution in [0.1, 0.15) is 24.2 Å². The van der Waals surface area contributed by atoms with E-state index in [4.69, 9.17) is 14.2 Å². The van der Waals surface area contributed by atoms with Gasteiger partial charge in [-0.3, -0.25) is 0 Å². The van der Waals surface area contributed by atoms with Crippen molar-refractivity contribution in [3.63, 3.8) is 0 Å². The minimum atomic E-state index is -0.714. The second-order valence-electron chi connectivity index (χ2n) is 4.48. The average Bonchev–Trinajstić information content (AvgIpc) is 2.53. The maximum Gasteiger partial charge on any atom is 0.347 e. The third-order valence-corrected chi connectivity index (χ3v) is 2.70. The third kappa shape index (κ3) is 5.44. The van der Waals surface area contributed by atoms with Gasteiger partial charge in [0.1, 0.15) is 12.4 Å². The molecule has 0 aliphatic rings. The molecular formula is C17H20O5. The molecule has 0 aliphatic heterocycles. The summed E-state index contributed by atoms with van der Waals surface area (Å²) in [5, 5.41) is 0. The zero-order chi connectivity index (χ0) is 16.5. The number of benzene rings is 1. The Balaban J connectivity index is 2.59. The topological polar surface area (TPSA) is 61.8 Å². The number of carbonyl (C=O) groups excluding carboxylic acids is 2. The van der Waals surface area contributed by atoms with Crippen LogP contribution in [0.3, 0.4) is 0 Å². The van der Waals surface area contributed by atoms with Gasteiger partial charge in [-0.1, -0.05) is 19.2 Å². The number of ether oxygens (including phenoxy) is 3. The summed E-state index contributed by atoms with van der Waals surface area (Å²) in [6, 6.07) is 6.31. The summed E-state index contributed by atoms with van der Waals surface area (Å²) in [6.45, 7) is 10.9. The van der Waals surface area contributed by atoms with Crippen LogP contribution in [0.15, 0.2) is 49.1 Å². The van der Waals surface area contributed by atoms with Crippen molar-refractivity contribution >= 4 is 11.9 Å². The maximum absolute atomic E-state index is 11.8. The standard InChI is InChI=1S/C17H20O5/c1-5-12(3)11-21-17(19)14-7-9-15(10-8-14)22-13(4)16(18)20-6-2/h5,7-10,13H,1,3,6,11H2,2,4H3. The second-order valence-corrected chi connectivity index (χ2v) is 4.48. The van der Waals surface area contributed by atoms with E-state index in [9.17, 15) is 9.59 Å². The summed E-state index contributed by atoms with van der Waals surface area (Å²) in [7, 11) is 0. The lowest BCUT2D eigenvalue weighted by atomic mass is 10.2. The van der Waals surface area contributed by atoms with E-state index in [0.717, 1.165) is 0 Å². The molecule has 0 spiro atoms. The number of rotatable bonds is 8. The Bertz CT molecular complexity index is 545. The molecule has 5 heteroatoms. The first-order valence-electron chi connectivity index (χ1n) is 6.88. The quantitative estimate of drug-likeness (QED) is 0.546. The molecule has 0 aromatic heterocycles. The molecule has 0 amide bonds. The van der Waals surface area contributed by atoms with Gasteiger partial charge in [-0.2, -0.15) is 0 Å². The average molecular weight is 304 g/mol. The van der Waals surface area contributed by atoms with Gasteiger partial charge >= 0.3 is 11.9 Å². The molecule has 0 bridgehead atoms. The Kier molecular flexibility index (Phi) is 6.89. The van der Waals surface area contributed by atoms with Gasteiger partial charge in [0.15, 0.2) is 6.10 Å². The Morgan fingerprint density at radius 1 is 1.23 bits per heavy atom. The molecule has 0 saturated heterocycles. The van der Waals surface area contributed by atoms with Crippen molar-refractivity contribution in [3.8, 4) is 5.75 Å². The lowest BCUT2D eigenvalue weighted by molar-refractivity contribution is -0.150. The smallest absolute Gasteiger partial charge is 0.347 e. The molecule has 0 heterocycles. The predicted molar refractivity (Wildman–Crippen MR) is 82.8 cm³/mol. The highest BCUT2D eigenvalue weighted by molar-refractivity contribution is 5.89. The predicted octanol–water partition coefficient (Wildman–Crippen LogP) is 2.92. The van der Waals surface area contributed by atoms with Gasteiger partial charge in [-0.05, 0) is 43.7 Å². The molecule has 0 radical (unpaired) electrons. The van der Waals surface area contributed by atoms with E-state index in [2.05, 4.69) is 13.2 Å². The largest absolute Gasteiger partial charge is 0.479 e. The van der Waals surface area contributed by atoms with Crippen LogP contribution in [0.25, 0.3) is 0 Å². The molecule has 0 fully saturated rings. The Labute approximate surface area is 130 Å². The van der Waals surface area contributed by atoms with E-state index in [-0.39, 0.29) is 6.61 Å². The van der Waals surface area contributed by atoms with E-state index < -0.39 is 18.0 Å². The molecule has 1 unspecified atom stereocenters. The van der Waals surface area contributed by atoms with Crippen LogP contribution in [0.4, 0.5) is 0 Å². The summed E-state index contributed by atoms with van der Waals surface area (Å²) >= 11 is 0. The summed E-state index contributed by atoms with van der Waals surface area (Å²) in [4.78, 5) is 23.2. The number of carbonyl (C=O) groups is 2. The van der Waals surface area contributed by atoms with Crippen LogP contribution in [0, 0.1) is 0 Å². The minimum absolute atomic E-state index is 0.0977. The van der Waals surface area contributed by atoms with Crippen LogP contribution in [0.5, 0.6) is 5.75 Å². The fourth-order valence-corrected chi connectivity index (χ4v) is 1.48. The van der Waals surface area contributed by atoms with E-state index in [1.807, 2.05) is 0 Å². The van der Waals surface area contributed by atoms with E-state index in [1.165, 1.54) is 6.08 Å². The third-order valence-electron chi connectivity index (χ3n) is 2.70. The van der Waals surface area contributed by atoms with Crippen molar-refractivity contribution in [2.75, 3.05) is 13.2 Å². The first-order valence-corrected chi connectivity index (χ1v) is 6.88. The monoisotopic (exact) mass is 304 g/mol. The van der Waals surface area contributed by atoms with Gasteiger partial charge in [-0.15, -0.1) is 0 Å². The van der Waals surface area contributed by atoms with Crippen LogP contribution < -0.4 is 4.74 Å². The van der Waals surface area contributed by atoms with Crippen molar-refractivity contribution in [3.05, 3.63) is 54.6 Å². The van der Waals surface area contributed by atoms with E-state index in [0.29, 0.717) is 23.5 Å². The zero-order valence-corrected chi connectivity index (χ0v) is 12.8. The van der Waals surface area contributed by atoms with Gasteiger partial charge in [-0.25, -0.2) is 9.59 Å². The second kappa shape index (κ2) is 8.67. The van der Waals surface area contributed by atoms with E-state index in [1.54, 1.807) is 38.1 Å². The highest BCUT2D eigenvalue weighted by Crippen LogP contribution is 2.15. The lowest BCUT2D eigenvalue weighted by Gasteiger charge is -2.13. The molecule has 1 aromatic carbocycles. The van der Waals surface area contributed by atoms with Crippen molar-refractivity contribution in [2.24, 2.45) is 0 Å². The lowest BCUT2D eigenvalue weighted by Crippen LogP contribution is -2.26. The maximum atomic E-state index is 11.8. The van der Waals surface area contributed by atoms with Gasteiger partial charge in [0.25, 0.3) is 0 Å². The highest BCUT2D eigenvalue weighted by Gasteiger charge is 2.16. The molecule has 22 heavy (non-hydrogen) atoms. The normalized spacial score (nSPS) is 11.2. The van der Waals surface area contributed by atoms with Crippen molar-refractivity contribution < 1.29 is 23.8 Å². The fraction of sp³-hybridized carbons (Fsp3) is 0.294. The van der Waals surface area contributed by atoms with Crippen LogP contribution >= 0.6 is 0 Å². The van der Waals surface area contributed by atoms with Crippen molar-refractivity contribution in [2.45, 2.75) is 20.0 Å². The molecular weight excluding hydrogens is 284 g/mol. The van der Waals surface area contributed by atoms with Crippen molar-refractivity contribution in [1.29, 1.82) is 0 Å². The summed E-state index contributed by atoms with van der Waals surface area (Å²) in [6.07, 6.45) is 0.815. The van der Waals surface area contributed by atoms with Crippen LogP contribution in [0.2, 0.25) is 0 Å². The Morgan fingerprint density at radius 3 is 2.41 bits per heavy atom. The van der Waals surface area contributed by atoms with Crippen LogP contribution in [-0.2, 0) is 14.3 Å². The molecule has 0 N–H and O–H groups in total. The molecule has 5 nitrogen and oxygen atoms in total. The molecule has 1 aromatic rings. The molecule has 1 rings (SSSR count). The van der Waals surface area contributed by atoms with Gasteiger partial charge < -0.3 is 14.2 Å².